The van der Waals surface area contributed by atoms with E-state index in [0.717, 1.165) is 6.42 Å². The van der Waals surface area contributed by atoms with Crippen LogP contribution >= 0.6 is 0 Å². The van der Waals surface area contributed by atoms with Crippen molar-refractivity contribution in [1.82, 2.24) is 0 Å². The second kappa shape index (κ2) is 3.14. The molecule has 1 heteroatoms. The minimum absolute atomic E-state index is 0.243. The predicted octanol–water partition coefficient (Wildman–Crippen LogP) is 2.80. The van der Waals surface area contributed by atoms with Crippen molar-refractivity contribution in [2.45, 2.75) is 54.0 Å². The molecule has 0 saturated heterocycles. The Labute approximate surface area is 71.4 Å². The summed E-state index contributed by atoms with van der Waals surface area (Å²) in [5.41, 5.74) is 6.63. The minimum Gasteiger partial charge on any atom is -0.327 e. The van der Waals surface area contributed by atoms with Gasteiger partial charge in [-0.05, 0) is 17.3 Å². The van der Waals surface area contributed by atoms with Crippen molar-refractivity contribution in [3.05, 3.63) is 0 Å². The quantitative estimate of drug-likeness (QED) is 0.622. The molecule has 0 aromatic heterocycles. The third kappa shape index (κ3) is 5.25. The molecule has 1 atom stereocenters. The Hall–Kier alpha value is -0.0400. The molecule has 0 saturated carbocycles. The van der Waals surface area contributed by atoms with Gasteiger partial charge in [0.15, 0.2) is 0 Å². The number of hydrogen-bond donors (Lipinski definition) is 1. The number of nitrogens with two attached hydrogens (primary N) is 1. The summed E-state index contributed by atoms with van der Waals surface area (Å²) in [5.74, 6) is 0. The molecule has 2 N–H and O–H groups in total. The fraction of sp³-hybridized carbons (Fsp3) is 1.00. The van der Waals surface area contributed by atoms with Gasteiger partial charge in [0.2, 0.25) is 0 Å². The van der Waals surface area contributed by atoms with Gasteiger partial charge in [-0.1, -0.05) is 41.5 Å². The van der Waals surface area contributed by atoms with Gasteiger partial charge in [-0.3, -0.25) is 0 Å². The molecule has 68 valence electrons. The van der Waals surface area contributed by atoms with E-state index in [2.05, 4.69) is 41.5 Å². The predicted molar refractivity (Wildman–Crippen MR) is 51.5 cm³/mol. The van der Waals surface area contributed by atoms with Crippen LogP contribution < -0.4 is 5.73 Å². The summed E-state index contributed by atoms with van der Waals surface area (Å²) < 4.78 is 0. The molecule has 0 spiro atoms. The second-order valence-electron chi connectivity index (χ2n) is 5.74. The van der Waals surface area contributed by atoms with Crippen LogP contribution in [0, 0.1) is 10.8 Å². The molecule has 0 aromatic carbocycles. The number of rotatable bonds is 1. The van der Waals surface area contributed by atoms with Gasteiger partial charge < -0.3 is 5.73 Å². The Morgan fingerprint density at radius 3 is 1.45 bits per heavy atom. The van der Waals surface area contributed by atoms with Crippen LogP contribution in [0.15, 0.2) is 0 Å². The zero-order valence-electron chi connectivity index (χ0n) is 8.86. The summed E-state index contributed by atoms with van der Waals surface area (Å²) in [4.78, 5) is 0. The Kier molecular flexibility index (Phi) is 3.13. The molecule has 0 aliphatic carbocycles. The van der Waals surface area contributed by atoms with Crippen molar-refractivity contribution in [3.63, 3.8) is 0 Å². The summed E-state index contributed by atoms with van der Waals surface area (Å²) in [6, 6.07) is 0.308. The lowest BCUT2D eigenvalue weighted by Crippen LogP contribution is -2.38. The van der Waals surface area contributed by atoms with Crippen molar-refractivity contribution < 1.29 is 0 Å². The van der Waals surface area contributed by atoms with Gasteiger partial charge in [-0.25, -0.2) is 0 Å². The molecule has 0 aromatic rings. The lowest BCUT2D eigenvalue weighted by Gasteiger charge is -2.32. The SMILES string of the molecule is CC(C)(C)C[C@H](N)C(C)(C)C. The molecule has 0 unspecified atom stereocenters. The van der Waals surface area contributed by atoms with Crippen molar-refractivity contribution in [3.8, 4) is 0 Å². The maximum atomic E-state index is 6.04. The molecule has 0 radical (unpaired) electrons. The van der Waals surface area contributed by atoms with Gasteiger partial charge >= 0.3 is 0 Å². The van der Waals surface area contributed by atoms with E-state index < -0.39 is 0 Å². The van der Waals surface area contributed by atoms with Crippen LogP contribution in [-0.2, 0) is 0 Å². The van der Waals surface area contributed by atoms with E-state index in [1.165, 1.54) is 0 Å². The smallest absolute Gasteiger partial charge is 0.00926 e. The Bertz CT molecular complexity index is 114. The van der Waals surface area contributed by atoms with Crippen LogP contribution in [0.2, 0.25) is 0 Å². The largest absolute Gasteiger partial charge is 0.327 e. The maximum absolute atomic E-state index is 6.04. The third-order valence-electron chi connectivity index (χ3n) is 1.94. The topological polar surface area (TPSA) is 26.0 Å². The average Bonchev–Trinajstić information content (AvgIpc) is 1.56. The van der Waals surface area contributed by atoms with E-state index in [1.54, 1.807) is 0 Å². The van der Waals surface area contributed by atoms with Gasteiger partial charge in [0.1, 0.15) is 0 Å². The van der Waals surface area contributed by atoms with Crippen molar-refractivity contribution in [2.24, 2.45) is 16.6 Å². The second-order valence-corrected chi connectivity index (χ2v) is 5.74. The van der Waals surface area contributed by atoms with E-state index in [4.69, 9.17) is 5.73 Å². The van der Waals surface area contributed by atoms with Gasteiger partial charge in [-0.15, -0.1) is 0 Å². The van der Waals surface area contributed by atoms with Crippen LogP contribution in [0.1, 0.15) is 48.0 Å². The Balaban J connectivity index is 3.99. The van der Waals surface area contributed by atoms with Crippen LogP contribution in [-0.4, -0.2) is 6.04 Å². The van der Waals surface area contributed by atoms with Crippen LogP contribution in [0.4, 0.5) is 0 Å². The van der Waals surface area contributed by atoms with Crippen molar-refractivity contribution in [1.29, 1.82) is 0 Å². The highest BCUT2D eigenvalue weighted by Gasteiger charge is 2.25. The summed E-state index contributed by atoms with van der Waals surface area (Å²) >= 11 is 0. The zero-order valence-corrected chi connectivity index (χ0v) is 8.86. The standard InChI is InChI=1S/C10H23N/c1-9(2,3)7-8(11)10(4,5)6/h8H,7,11H2,1-6H3/t8-/m0/s1. The van der Waals surface area contributed by atoms with E-state index in [-0.39, 0.29) is 5.41 Å². The van der Waals surface area contributed by atoms with Gasteiger partial charge in [-0.2, -0.15) is 0 Å². The molecule has 1 nitrogen and oxygen atoms in total. The molecule has 0 heterocycles. The summed E-state index contributed by atoms with van der Waals surface area (Å²) in [7, 11) is 0. The van der Waals surface area contributed by atoms with Gasteiger partial charge in [0.25, 0.3) is 0 Å². The Morgan fingerprint density at radius 1 is 1.00 bits per heavy atom. The summed E-state index contributed by atoms with van der Waals surface area (Å²) in [6.45, 7) is 13.3. The first kappa shape index (κ1) is 11.0. The Morgan fingerprint density at radius 2 is 1.36 bits per heavy atom. The van der Waals surface area contributed by atoms with E-state index >= 15 is 0 Å². The molecule has 0 aliphatic rings. The monoisotopic (exact) mass is 157 g/mol. The van der Waals surface area contributed by atoms with Gasteiger partial charge in [0.05, 0.1) is 0 Å². The van der Waals surface area contributed by atoms with E-state index in [9.17, 15) is 0 Å². The molecule has 0 bridgehead atoms. The first-order chi connectivity index (χ1) is 4.63. The first-order valence-corrected chi connectivity index (χ1v) is 4.38. The van der Waals surface area contributed by atoms with Crippen LogP contribution in [0.25, 0.3) is 0 Å². The molecule has 0 aliphatic heterocycles. The molecule has 0 rings (SSSR count). The number of hydrogen-bond acceptors (Lipinski definition) is 1. The summed E-state index contributed by atoms with van der Waals surface area (Å²) in [6.07, 6.45) is 1.09. The minimum atomic E-state index is 0.243. The maximum Gasteiger partial charge on any atom is 0.00926 e. The van der Waals surface area contributed by atoms with E-state index in [1.807, 2.05) is 0 Å². The van der Waals surface area contributed by atoms with E-state index in [0.29, 0.717) is 11.5 Å². The zero-order chi connectivity index (χ0) is 9.28. The van der Waals surface area contributed by atoms with Crippen molar-refractivity contribution in [2.75, 3.05) is 0 Å². The highest BCUT2D eigenvalue weighted by Crippen LogP contribution is 2.28. The highest BCUT2D eigenvalue weighted by molar-refractivity contribution is 4.81. The summed E-state index contributed by atoms with van der Waals surface area (Å²) in [5, 5.41) is 0. The molecule has 0 fully saturated rings. The van der Waals surface area contributed by atoms with Crippen LogP contribution in [0.5, 0.6) is 0 Å². The van der Waals surface area contributed by atoms with Crippen molar-refractivity contribution >= 4 is 0 Å². The molecule has 0 amide bonds. The molecular formula is C10H23N. The lowest BCUT2D eigenvalue weighted by atomic mass is 9.77. The average molecular weight is 157 g/mol. The molecule has 11 heavy (non-hydrogen) atoms. The highest BCUT2D eigenvalue weighted by atomic mass is 14.7. The normalized spacial score (nSPS) is 16.6. The fourth-order valence-corrected chi connectivity index (χ4v) is 0.966. The lowest BCUT2D eigenvalue weighted by molar-refractivity contribution is 0.231. The third-order valence-corrected chi connectivity index (χ3v) is 1.94. The van der Waals surface area contributed by atoms with Gasteiger partial charge in [0, 0.05) is 6.04 Å². The fourth-order valence-electron chi connectivity index (χ4n) is 0.966. The van der Waals surface area contributed by atoms with Crippen LogP contribution in [0.3, 0.4) is 0 Å². The molecular weight excluding hydrogens is 134 g/mol. The first-order valence-electron chi connectivity index (χ1n) is 4.38.